The average molecular weight is 234 g/mol. The number of esters is 1. The Bertz CT molecular complexity index is 355. The molecule has 2 unspecified atom stereocenters. The van der Waals surface area contributed by atoms with Crippen LogP contribution in [-0.2, 0) is 9.53 Å². The molecule has 2 atom stereocenters. The van der Waals surface area contributed by atoms with Crippen molar-refractivity contribution in [3.05, 3.63) is 12.2 Å². The highest BCUT2D eigenvalue weighted by Crippen LogP contribution is 2.60. The first kappa shape index (κ1) is 11.3. The van der Waals surface area contributed by atoms with E-state index in [0.29, 0.717) is 22.8 Å². The first-order valence-electron chi connectivity index (χ1n) is 6.83. The van der Waals surface area contributed by atoms with Gasteiger partial charge in [-0.2, -0.15) is 0 Å². The van der Waals surface area contributed by atoms with Crippen molar-refractivity contribution in [3.63, 3.8) is 0 Å². The Labute approximate surface area is 103 Å². The molecule has 4 bridgehead atoms. The molecule has 0 aromatic rings. The summed E-state index contributed by atoms with van der Waals surface area (Å²) in [5, 5.41) is 0. The highest BCUT2D eigenvalue weighted by Gasteiger charge is 2.54. The molecule has 0 aromatic carbocycles. The van der Waals surface area contributed by atoms with Crippen LogP contribution in [0.15, 0.2) is 12.2 Å². The molecule has 0 spiro atoms. The second kappa shape index (κ2) is 3.60. The van der Waals surface area contributed by atoms with Crippen LogP contribution >= 0.6 is 0 Å². The third-order valence-corrected chi connectivity index (χ3v) is 5.08. The first-order valence-corrected chi connectivity index (χ1v) is 6.83. The monoisotopic (exact) mass is 234 g/mol. The Hall–Kier alpha value is -0.790. The van der Waals surface area contributed by atoms with Crippen LogP contribution in [0.25, 0.3) is 0 Å². The summed E-state index contributed by atoms with van der Waals surface area (Å²) in [6, 6.07) is 0. The highest BCUT2D eigenvalue weighted by molar-refractivity contribution is 5.87. The van der Waals surface area contributed by atoms with Crippen molar-refractivity contribution >= 4 is 5.97 Å². The van der Waals surface area contributed by atoms with Crippen LogP contribution in [0.5, 0.6) is 0 Å². The molecule has 0 heterocycles. The standard InChI is InChI=1S/C15H22O2/c1-9(2)14(16)17-13-11-4-10-5-12(13)8-15(3,6-10)7-11/h10-13H,1,4-8H2,2-3H3. The molecule has 2 nitrogen and oxygen atoms in total. The quantitative estimate of drug-likeness (QED) is 0.541. The van der Waals surface area contributed by atoms with Gasteiger partial charge in [0.1, 0.15) is 6.10 Å². The molecule has 0 radical (unpaired) electrons. The van der Waals surface area contributed by atoms with Gasteiger partial charge in [0, 0.05) is 5.57 Å². The molecule has 4 fully saturated rings. The van der Waals surface area contributed by atoms with Crippen molar-refractivity contribution < 1.29 is 9.53 Å². The highest BCUT2D eigenvalue weighted by atomic mass is 16.5. The molecule has 94 valence electrons. The number of carbonyl (C=O) groups excluding carboxylic acids is 1. The predicted molar refractivity (Wildman–Crippen MR) is 66.4 cm³/mol. The van der Waals surface area contributed by atoms with E-state index in [9.17, 15) is 4.79 Å². The van der Waals surface area contributed by atoms with Crippen molar-refractivity contribution in [2.45, 2.75) is 52.1 Å². The summed E-state index contributed by atoms with van der Waals surface area (Å²) in [5.41, 5.74) is 1.08. The average Bonchev–Trinajstić information content (AvgIpc) is 2.20. The van der Waals surface area contributed by atoms with Crippen LogP contribution in [0.3, 0.4) is 0 Å². The molecule has 2 heteroatoms. The van der Waals surface area contributed by atoms with E-state index in [1.54, 1.807) is 6.92 Å². The molecule has 0 saturated heterocycles. The molecule has 4 aliphatic carbocycles. The predicted octanol–water partition coefficient (Wildman–Crippen LogP) is 3.32. The van der Waals surface area contributed by atoms with Crippen molar-refractivity contribution in [3.8, 4) is 0 Å². The Morgan fingerprint density at radius 1 is 1.24 bits per heavy atom. The molecule has 0 aromatic heterocycles. The zero-order valence-electron chi connectivity index (χ0n) is 10.9. The summed E-state index contributed by atoms with van der Waals surface area (Å²) in [4.78, 5) is 11.7. The third-order valence-electron chi connectivity index (χ3n) is 5.08. The van der Waals surface area contributed by atoms with Gasteiger partial charge in [0.15, 0.2) is 0 Å². The van der Waals surface area contributed by atoms with E-state index in [1.807, 2.05) is 0 Å². The summed E-state index contributed by atoms with van der Waals surface area (Å²) in [5.74, 6) is 1.95. The van der Waals surface area contributed by atoms with Gasteiger partial charge in [-0.15, -0.1) is 0 Å². The van der Waals surface area contributed by atoms with Gasteiger partial charge in [-0.1, -0.05) is 13.5 Å². The van der Waals surface area contributed by atoms with Crippen LogP contribution in [0.2, 0.25) is 0 Å². The van der Waals surface area contributed by atoms with E-state index in [1.165, 1.54) is 32.1 Å². The fourth-order valence-electron chi connectivity index (χ4n) is 4.80. The first-order chi connectivity index (χ1) is 7.97. The number of hydrogen-bond acceptors (Lipinski definition) is 2. The third kappa shape index (κ3) is 1.82. The Morgan fingerprint density at radius 3 is 2.29 bits per heavy atom. The zero-order valence-corrected chi connectivity index (χ0v) is 10.9. The normalized spacial score (nSPS) is 46.9. The molecule has 0 amide bonds. The SMILES string of the molecule is C=C(C)C(=O)OC1C2CC3CC1CC(C)(C3)C2. The lowest BCUT2D eigenvalue weighted by molar-refractivity contribution is -0.175. The Morgan fingerprint density at radius 2 is 1.82 bits per heavy atom. The summed E-state index contributed by atoms with van der Waals surface area (Å²) >= 11 is 0. The van der Waals surface area contributed by atoms with Crippen molar-refractivity contribution in [2.75, 3.05) is 0 Å². The van der Waals surface area contributed by atoms with Gasteiger partial charge < -0.3 is 4.74 Å². The molecule has 4 aliphatic rings. The van der Waals surface area contributed by atoms with Gasteiger partial charge in [0.25, 0.3) is 0 Å². The van der Waals surface area contributed by atoms with E-state index in [4.69, 9.17) is 4.74 Å². The van der Waals surface area contributed by atoms with Crippen LogP contribution in [0.4, 0.5) is 0 Å². The molecule has 0 aliphatic heterocycles. The van der Waals surface area contributed by atoms with Gasteiger partial charge in [-0.25, -0.2) is 4.79 Å². The molecule has 4 saturated carbocycles. The number of rotatable bonds is 2. The maximum absolute atomic E-state index is 11.7. The van der Waals surface area contributed by atoms with Gasteiger partial charge in [-0.05, 0) is 62.2 Å². The lowest BCUT2D eigenvalue weighted by atomic mass is 9.49. The maximum Gasteiger partial charge on any atom is 0.333 e. The Balaban J connectivity index is 1.76. The number of carbonyl (C=O) groups is 1. The van der Waals surface area contributed by atoms with Crippen LogP contribution in [0, 0.1) is 23.2 Å². The summed E-state index contributed by atoms with van der Waals surface area (Å²) in [6.07, 6.45) is 6.66. The van der Waals surface area contributed by atoms with Crippen LogP contribution < -0.4 is 0 Å². The van der Waals surface area contributed by atoms with Gasteiger partial charge in [0.2, 0.25) is 0 Å². The van der Waals surface area contributed by atoms with E-state index in [-0.39, 0.29) is 12.1 Å². The van der Waals surface area contributed by atoms with E-state index in [0.717, 1.165) is 5.92 Å². The van der Waals surface area contributed by atoms with E-state index in [2.05, 4.69) is 13.5 Å². The minimum Gasteiger partial charge on any atom is -0.458 e. The van der Waals surface area contributed by atoms with Crippen LogP contribution in [0.1, 0.15) is 46.0 Å². The molecule has 4 rings (SSSR count). The largest absolute Gasteiger partial charge is 0.458 e. The summed E-state index contributed by atoms with van der Waals surface area (Å²) in [7, 11) is 0. The second-order valence-electron chi connectivity index (χ2n) is 6.93. The Kier molecular flexibility index (Phi) is 2.39. The molecule has 0 N–H and O–H groups in total. The molecular weight excluding hydrogens is 212 g/mol. The molecular formula is C15H22O2. The topological polar surface area (TPSA) is 26.3 Å². The van der Waals surface area contributed by atoms with Crippen molar-refractivity contribution in [2.24, 2.45) is 23.2 Å². The molecule has 17 heavy (non-hydrogen) atoms. The van der Waals surface area contributed by atoms with Gasteiger partial charge in [-0.3, -0.25) is 0 Å². The van der Waals surface area contributed by atoms with Gasteiger partial charge in [0.05, 0.1) is 0 Å². The lowest BCUT2D eigenvalue weighted by Crippen LogP contribution is -2.53. The van der Waals surface area contributed by atoms with E-state index < -0.39 is 0 Å². The summed E-state index contributed by atoms with van der Waals surface area (Å²) < 4.78 is 5.70. The zero-order chi connectivity index (χ0) is 12.2. The van der Waals surface area contributed by atoms with Gasteiger partial charge >= 0.3 is 5.97 Å². The van der Waals surface area contributed by atoms with E-state index >= 15 is 0 Å². The fraction of sp³-hybridized carbons (Fsp3) is 0.800. The van der Waals surface area contributed by atoms with Crippen LogP contribution in [-0.4, -0.2) is 12.1 Å². The number of hydrogen-bond donors (Lipinski definition) is 0. The lowest BCUT2D eigenvalue weighted by Gasteiger charge is -2.58. The summed E-state index contributed by atoms with van der Waals surface area (Å²) in [6.45, 7) is 7.84. The minimum absolute atomic E-state index is 0.184. The number of ether oxygens (including phenoxy) is 1. The smallest absolute Gasteiger partial charge is 0.333 e. The fourth-order valence-corrected chi connectivity index (χ4v) is 4.80. The minimum atomic E-state index is -0.187. The second-order valence-corrected chi connectivity index (χ2v) is 6.93. The maximum atomic E-state index is 11.7. The van der Waals surface area contributed by atoms with Crippen molar-refractivity contribution in [1.82, 2.24) is 0 Å². The van der Waals surface area contributed by atoms with Crippen molar-refractivity contribution in [1.29, 1.82) is 0 Å².